The molecule has 1 amide bonds. The first-order chi connectivity index (χ1) is 9.15. The van der Waals surface area contributed by atoms with Crippen molar-refractivity contribution >= 4 is 17.2 Å². The van der Waals surface area contributed by atoms with Crippen molar-refractivity contribution in [1.82, 2.24) is 14.6 Å². The fourth-order valence-corrected chi connectivity index (χ4v) is 2.65. The normalized spacial score (nSPS) is 17.0. The number of fused-ring (bicyclic) bond motifs is 1. The minimum Gasteiger partial charge on any atom is -0.369 e. The number of amides is 1. The molecule has 0 spiro atoms. The van der Waals surface area contributed by atoms with Crippen molar-refractivity contribution < 1.29 is 4.79 Å². The second kappa shape index (κ2) is 4.53. The molecule has 1 aliphatic heterocycles. The average Bonchev–Trinajstić information content (AvgIpc) is 2.78. The summed E-state index contributed by atoms with van der Waals surface area (Å²) in [7, 11) is 0. The minimum atomic E-state index is -0.189. The van der Waals surface area contributed by atoms with Crippen molar-refractivity contribution in [2.45, 2.75) is 19.8 Å². The Hall–Kier alpha value is -2.11. The number of aryl methyl sites for hydroxylation is 1. The van der Waals surface area contributed by atoms with Crippen molar-refractivity contribution in [3.05, 3.63) is 24.2 Å². The first-order valence-corrected chi connectivity index (χ1v) is 6.50. The molecule has 6 heteroatoms. The van der Waals surface area contributed by atoms with E-state index in [1.54, 1.807) is 6.20 Å². The summed E-state index contributed by atoms with van der Waals surface area (Å²) in [5.74, 6) is 0.750. The van der Waals surface area contributed by atoms with Crippen LogP contribution in [0.1, 0.15) is 18.5 Å². The van der Waals surface area contributed by atoms with Gasteiger partial charge in [-0.2, -0.15) is 5.10 Å². The Balaban J connectivity index is 1.87. The molecule has 0 unspecified atom stereocenters. The van der Waals surface area contributed by atoms with Crippen molar-refractivity contribution in [2.24, 2.45) is 11.7 Å². The van der Waals surface area contributed by atoms with Crippen LogP contribution in [-0.4, -0.2) is 33.6 Å². The van der Waals surface area contributed by atoms with E-state index in [1.807, 2.05) is 23.7 Å². The topological polar surface area (TPSA) is 76.5 Å². The maximum absolute atomic E-state index is 11.2. The summed E-state index contributed by atoms with van der Waals surface area (Å²) >= 11 is 0. The number of piperidine rings is 1. The van der Waals surface area contributed by atoms with E-state index in [4.69, 9.17) is 5.73 Å². The van der Waals surface area contributed by atoms with Crippen LogP contribution in [0.3, 0.4) is 0 Å². The Morgan fingerprint density at radius 2 is 2.16 bits per heavy atom. The Kier molecular flexibility index (Phi) is 2.85. The van der Waals surface area contributed by atoms with Crippen LogP contribution in [-0.2, 0) is 4.79 Å². The Bertz CT molecular complexity index is 613. The molecular formula is C13H17N5O. The standard InChI is InChI=1S/C13H17N5O/c1-9-8-11-13(15-4-7-18(11)16-9)17-5-2-10(3-6-17)12(14)19/h4,7-8,10H,2-3,5-6H2,1H3,(H2,14,19). The van der Waals surface area contributed by atoms with Crippen LogP contribution >= 0.6 is 0 Å². The first-order valence-electron chi connectivity index (χ1n) is 6.50. The third kappa shape index (κ3) is 2.14. The zero-order valence-electron chi connectivity index (χ0n) is 10.9. The predicted octanol–water partition coefficient (Wildman–Crippen LogP) is 0.739. The molecule has 1 fully saturated rings. The number of anilines is 1. The summed E-state index contributed by atoms with van der Waals surface area (Å²) in [6.07, 6.45) is 5.20. The predicted molar refractivity (Wildman–Crippen MR) is 71.9 cm³/mol. The third-order valence-corrected chi connectivity index (χ3v) is 3.69. The summed E-state index contributed by atoms with van der Waals surface area (Å²) in [6, 6.07) is 2.03. The summed E-state index contributed by atoms with van der Waals surface area (Å²) in [5, 5.41) is 4.39. The number of nitrogens with two attached hydrogens (primary N) is 1. The number of hydrogen-bond acceptors (Lipinski definition) is 4. The lowest BCUT2D eigenvalue weighted by atomic mass is 9.96. The second-order valence-corrected chi connectivity index (χ2v) is 5.03. The molecule has 3 rings (SSSR count). The highest BCUT2D eigenvalue weighted by Crippen LogP contribution is 2.25. The number of nitrogens with zero attached hydrogens (tertiary/aromatic N) is 4. The number of primary amides is 1. The van der Waals surface area contributed by atoms with Crippen LogP contribution in [0.15, 0.2) is 18.5 Å². The minimum absolute atomic E-state index is 0.00243. The van der Waals surface area contributed by atoms with Gasteiger partial charge in [-0.1, -0.05) is 0 Å². The van der Waals surface area contributed by atoms with E-state index in [0.717, 1.165) is 43.0 Å². The zero-order valence-corrected chi connectivity index (χ0v) is 10.9. The van der Waals surface area contributed by atoms with Gasteiger partial charge in [0.2, 0.25) is 5.91 Å². The van der Waals surface area contributed by atoms with Gasteiger partial charge in [-0.25, -0.2) is 9.50 Å². The zero-order chi connectivity index (χ0) is 13.4. The van der Waals surface area contributed by atoms with Gasteiger partial charge < -0.3 is 10.6 Å². The highest BCUT2D eigenvalue weighted by molar-refractivity contribution is 5.77. The third-order valence-electron chi connectivity index (χ3n) is 3.69. The lowest BCUT2D eigenvalue weighted by Gasteiger charge is -2.31. The lowest BCUT2D eigenvalue weighted by molar-refractivity contribution is -0.122. The highest BCUT2D eigenvalue weighted by atomic mass is 16.1. The molecule has 2 aromatic rings. The van der Waals surface area contributed by atoms with E-state index in [2.05, 4.69) is 15.0 Å². The fourth-order valence-electron chi connectivity index (χ4n) is 2.65. The lowest BCUT2D eigenvalue weighted by Crippen LogP contribution is -2.39. The largest absolute Gasteiger partial charge is 0.369 e. The van der Waals surface area contributed by atoms with Gasteiger partial charge in [-0.05, 0) is 25.8 Å². The summed E-state index contributed by atoms with van der Waals surface area (Å²) in [6.45, 7) is 3.59. The Labute approximate surface area is 111 Å². The van der Waals surface area contributed by atoms with Crippen LogP contribution in [0, 0.1) is 12.8 Å². The summed E-state index contributed by atoms with van der Waals surface area (Å²) in [5.41, 5.74) is 7.34. The molecular weight excluding hydrogens is 242 g/mol. The molecule has 0 bridgehead atoms. The van der Waals surface area contributed by atoms with Crippen molar-refractivity contribution in [1.29, 1.82) is 0 Å². The molecule has 1 saturated heterocycles. The summed E-state index contributed by atoms with van der Waals surface area (Å²) in [4.78, 5) is 17.9. The van der Waals surface area contributed by atoms with Gasteiger partial charge in [0.05, 0.1) is 5.69 Å². The van der Waals surface area contributed by atoms with Crippen molar-refractivity contribution in [3.8, 4) is 0 Å². The molecule has 3 heterocycles. The highest BCUT2D eigenvalue weighted by Gasteiger charge is 2.24. The Morgan fingerprint density at radius 1 is 1.42 bits per heavy atom. The van der Waals surface area contributed by atoms with Gasteiger partial charge in [-0.15, -0.1) is 0 Å². The molecule has 19 heavy (non-hydrogen) atoms. The number of rotatable bonds is 2. The van der Waals surface area contributed by atoms with Gasteiger partial charge >= 0.3 is 0 Å². The maximum atomic E-state index is 11.2. The molecule has 2 N–H and O–H groups in total. The van der Waals surface area contributed by atoms with Crippen LogP contribution in [0.25, 0.3) is 5.52 Å². The van der Waals surface area contributed by atoms with E-state index >= 15 is 0 Å². The van der Waals surface area contributed by atoms with Crippen molar-refractivity contribution in [2.75, 3.05) is 18.0 Å². The van der Waals surface area contributed by atoms with E-state index in [-0.39, 0.29) is 11.8 Å². The molecule has 0 aliphatic carbocycles. The van der Waals surface area contributed by atoms with Gasteiger partial charge in [0, 0.05) is 31.4 Å². The fraction of sp³-hybridized carbons (Fsp3) is 0.462. The molecule has 6 nitrogen and oxygen atoms in total. The van der Waals surface area contributed by atoms with Crippen LogP contribution in [0.2, 0.25) is 0 Å². The van der Waals surface area contributed by atoms with E-state index in [0.29, 0.717) is 0 Å². The molecule has 0 atom stereocenters. The second-order valence-electron chi connectivity index (χ2n) is 5.03. The maximum Gasteiger partial charge on any atom is 0.220 e. The van der Waals surface area contributed by atoms with Crippen molar-refractivity contribution in [3.63, 3.8) is 0 Å². The number of hydrogen-bond donors (Lipinski definition) is 1. The average molecular weight is 259 g/mol. The number of carbonyl (C=O) groups is 1. The van der Waals surface area contributed by atoms with Gasteiger partial charge in [0.1, 0.15) is 5.52 Å². The molecule has 1 aliphatic rings. The van der Waals surface area contributed by atoms with Crippen LogP contribution in [0.4, 0.5) is 5.82 Å². The van der Waals surface area contributed by atoms with Gasteiger partial charge in [-0.3, -0.25) is 4.79 Å². The van der Waals surface area contributed by atoms with E-state index < -0.39 is 0 Å². The molecule has 100 valence electrons. The molecule has 0 radical (unpaired) electrons. The molecule has 0 saturated carbocycles. The van der Waals surface area contributed by atoms with Gasteiger partial charge in [0.15, 0.2) is 5.82 Å². The number of carbonyl (C=O) groups excluding carboxylic acids is 1. The summed E-state index contributed by atoms with van der Waals surface area (Å²) < 4.78 is 1.85. The SMILES string of the molecule is Cc1cc2c(N3CCC(C(N)=O)CC3)nccn2n1. The van der Waals surface area contributed by atoms with E-state index in [9.17, 15) is 4.79 Å². The Morgan fingerprint density at radius 3 is 2.84 bits per heavy atom. The smallest absolute Gasteiger partial charge is 0.220 e. The number of aromatic nitrogens is 3. The van der Waals surface area contributed by atoms with Crippen LogP contribution in [0.5, 0.6) is 0 Å². The molecule has 0 aromatic carbocycles. The quantitative estimate of drug-likeness (QED) is 0.863. The van der Waals surface area contributed by atoms with E-state index in [1.165, 1.54) is 0 Å². The first kappa shape index (κ1) is 12.0. The molecule has 2 aromatic heterocycles. The monoisotopic (exact) mass is 259 g/mol. The van der Waals surface area contributed by atoms with Gasteiger partial charge in [0.25, 0.3) is 0 Å². The van der Waals surface area contributed by atoms with Crippen LogP contribution < -0.4 is 10.6 Å².